The molecule has 2 atom stereocenters. The van der Waals surface area contributed by atoms with Gasteiger partial charge in [-0.15, -0.1) is 11.6 Å². The number of halogens is 1. The van der Waals surface area contributed by atoms with Crippen LogP contribution < -0.4 is 0 Å². The Hall–Kier alpha value is -2.31. The summed E-state index contributed by atoms with van der Waals surface area (Å²) >= 11 is 5.63. The molecule has 1 aliphatic rings. The summed E-state index contributed by atoms with van der Waals surface area (Å²) in [4.78, 5) is 12.1. The number of nitrogens with zero attached hydrogens (tertiary/aromatic N) is 1. The second-order valence-electron chi connectivity index (χ2n) is 7.02. The summed E-state index contributed by atoms with van der Waals surface area (Å²) in [7, 11) is -3.71. The lowest BCUT2D eigenvalue weighted by atomic mass is 9.97. The molecule has 0 amide bonds. The Morgan fingerprint density at radius 1 is 1.17 bits per heavy atom. The molecule has 3 rings (SSSR count). The number of aryl methyl sites for hydroxylation is 1. The highest BCUT2D eigenvalue weighted by Gasteiger charge is 2.33. The number of hydrogen-bond acceptors (Lipinski definition) is 4. The second kappa shape index (κ2) is 9.46. The number of ether oxygens (including phenoxy) is 1. The molecule has 0 aliphatic carbocycles. The molecule has 0 fully saturated rings. The van der Waals surface area contributed by atoms with Gasteiger partial charge >= 0.3 is 5.97 Å². The van der Waals surface area contributed by atoms with Crippen molar-refractivity contribution in [2.75, 3.05) is 5.88 Å². The van der Waals surface area contributed by atoms with E-state index in [0.717, 1.165) is 17.5 Å². The number of hydrogen-bond donors (Lipinski definition) is 0. The highest BCUT2D eigenvalue weighted by atomic mass is 35.5. The summed E-state index contributed by atoms with van der Waals surface area (Å²) in [5, 5.41) is 0. The Kier molecular flexibility index (Phi) is 6.98. The third kappa shape index (κ3) is 5.19. The predicted octanol–water partition coefficient (Wildman–Crippen LogP) is 4.58. The lowest BCUT2D eigenvalue weighted by Crippen LogP contribution is -2.39. The molecule has 5 nitrogen and oxygen atoms in total. The van der Waals surface area contributed by atoms with E-state index in [2.05, 4.69) is 0 Å². The van der Waals surface area contributed by atoms with Crippen molar-refractivity contribution in [1.82, 2.24) is 4.31 Å². The van der Waals surface area contributed by atoms with Crippen LogP contribution in [0.25, 0.3) is 0 Å². The quantitative estimate of drug-likeness (QED) is 0.473. The van der Waals surface area contributed by atoms with Crippen LogP contribution in [0.4, 0.5) is 0 Å². The summed E-state index contributed by atoms with van der Waals surface area (Å²) in [5.41, 5.74) is 1.81. The molecule has 0 radical (unpaired) electrons. The van der Waals surface area contributed by atoms with Gasteiger partial charge in [0.25, 0.3) is 10.0 Å². The van der Waals surface area contributed by atoms with Crippen molar-refractivity contribution < 1.29 is 17.9 Å². The largest absolute Gasteiger partial charge is 0.457 e. The first kappa shape index (κ1) is 21.4. The lowest BCUT2D eigenvalue weighted by molar-refractivity contribution is -0.147. The summed E-state index contributed by atoms with van der Waals surface area (Å²) in [6.45, 7) is 1.91. The van der Waals surface area contributed by atoms with E-state index in [4.69, 9.17) is 16.3 Å². The topological polar surface area (TPSA) is 63.7 Å². The zero-order valence-electron chi connectivity index (χ0n) is 16.2. The number of sulfonamides is 1. The van der Waals surface area contributed by atoms with E-state index in [1.807, 2.05) is 43.3 Å². The number of esters is 1. The van der Waals surface area contributed by atoms with Crippen molar-refractivity contribution in [2.24, 2.45) is 0 Å². The Bertz CT molecular complexity index is 958. The summed E-state index contributed by atoms with van der Waals surface area (Å²) in [6, 6.07) is 15.8. The van der Waals surface area contributed by atoms with Crippen molar-refractivity contribution >= 4 is 27.6 Å². The summed E-state index contributed by atoms with van der Waals surface area (Å²) in [5.74, 6) is -0.779. The minimum absolute atomic E-state index is 0.244. The van der Waals surface area contributed by atoms with Crippen molar-refractivity contribution in [2.45, 2.75) is 43.2 Å². The van der Waals surface area contributed by atoms with Crippen LogP contribution in [0.5, 0.6) is 0 Å². The van der Waals surface area contributed by atoms with Crippen LogP contribution in [-0.2, 0) is 19.6 Å². The number of alkyl halides is 1. The number of benzene rings is 2. The molecule has 7 heteroatoms. The third-order valence-corrected chi connectivity index (χ3v) is 6.98. The molecule has 0 N–H and O–H groups in total. The Labute approximate surface area is 177 Å². The number of allylic oxidation sites excluding steroid dienone is 1. The van der Waals surface area contributed by atoms with Crippen LogP contribution in [0.1, 0.15) is 36.5 Å². The minimum atomic E-state index is -3.71. The fourth-order valence-corrected chi connectivity index (χ4v) is 5.02. The predicted molar refractivity (Wildman–Crippen MR) is 113 cm³/mol. The molecule has 154 valence electrons. The van der Waals surface area contributed by atoms with Gasteiger partial charge in [0.2, 0.25) is 0 Å². The van der Waals surface area contributed by atoms with E-state index >= 15 is 0 Å². The highest BCUT2D eigenvalue weighted by molar-refractivity contribution is 7.89. The van der Waals surface area contributed by atoms with Gasteiger partial charge in [0.15, 0.2) is 0 Å². The van der Waals surface area contributed by atoms with Crippen LogP contribution in [0, 0.1) is 6.92 Å². The van der Waals surface area contributed by atoms with Gasteiger partial charge in [-0.05, 0) is 37.5 Å². The van der Waals surface area contributed by atoms with Crippen LogP contribution in [0.15, 0.2) is 71.8 Å². The number of carbonyl (C=O) groups excluding carboxylic acids is 1. The maximum atomic E-state index is 13.3. The molecule has 0 bridgehead atoms. The van der Waals surface area contributed by atoms with Crippen molar-refractivity contribution in [3.8, 4) is 0 Å². The molecule has 2 aromatic rings. The van der Waals surface area contributed by atoms with Crippen molar-refractivity contribution in [3.63, 3.8) is 0 Å². The van der Waals surface area contributed by atoms with E-state index in [1.54, 1.807) is 30.5 Å². The molecule has 0 unspecified atom stereocenters. The Morgan fingerprint density at radius 2 is 1.86 bits per heavy atom. The number of rotatable bonds is 7. The van der Waals surface area contributed by atoms with Gasteiger partial charge in [0, 0.05) is 18.7 Å². The van der Waals surface area contributed by atoms with Crippen LogP contribution in [0.3, 0.4) is 0 Å². The summed E-state index contributed by atoms with van der Waals surface area (Å²) < 4.78 is 33.5. The molecular formula is C22H24ClNO4S. The van der Waals surface area contributed by atoms with Gasteiger partial charge in [-0.25, -0.2) is 8.42 Å². The van der Waals surface area contributed by atoms with Gasteiger partial charge in [0.1, 0.15) is 12.0 Å². The first-order chi connectivity index (χ1) is 13.9. The molecule has 1 heterocycles. The first-order valence-electron chi connectivity index (χ1n) is 9.49. The first-order valence-corrected chi connectivity index (χ1v) is 11.5. The zero-order chi connectivity index (χ0) is 20.9. The molecule has 0 spiro atoms. The lowest BCUT2D eigenvalue weighted by Gasteiger charge is -2.34. The molecule has 29 heavy (non-hydrogen) atoms. The second-order valence-corrected chi connectivity index (χ2v) is 9.13. The molecule has 0 aromatic heterocycles. The van der Waals surface area contributed by atoms with Gasteiger partial charge in [0.05, 0.1) is 4.90 Å². The molecule has 0 saturated heterocycles. The minimum Gasteiger partial charge on any atom is -0.457 e. The van der Waals surface area contributed by atoms with E-state index < -0.39 is 22.1 Å². The molecular weight excluding hydrogens is 410 g/mol. The van der Waals surface area contributed by atoms with E-state index in [1.165, 1.54) is 4.31 Å². The SMILES string of the molecule is Cc1ccc(S(=O)(=O)N2C=CCC[C@H]2C[C@H](OC(=O)CCl)c2ccccc2)cc1. The zero-order valence-corrected chi connectivity index (χ0v) is 17.8. The normalized spacial score (nSPS) is 17.7. The average molecular weight is 434 g/mol. The number of carbonyl (C=O) groups is 1. The van der Waals surface area contributed by atoms with Crippen molar-refractivity contribution in [1.29, 1.82) is 0 Å². The van der Waals surface area contributed by atoms with E-state index in [9.17, 15) is 13.2 Å². The summed E-state index contributed by atoms with van der Waals surface area (Å²) in [6.07, 6.45) is 4.65. The molecule has 2 aromatic carbocycles. The third-order valence-electron chi connectivity index (χ3n) is 4.92. The standard InChI is InChI=1S/C22H24ClNO4S/c1-17-10-12-20(13-11-17)29(26,27)24-14-6-5-9-19(24)15-21(28-22(25)16-23)18-7-3-2-4-8-18/h2-4,6-8,10-14,19,21H,5,9,15-16H2,1H3/t19-,21-/m0/s1. The smallest absolute Gasteiger partial charge is 0.321 e. The monoisotopic (exact) mass is 433 g/mol. The van der Waals surface area contributed by atoms with Gasteiger partial charge in [-0.1, -0.05) is 54.1 Å². The van der Waals surface area contributed by atoms with Crippen LogP contribution in [0.2, 0.25) is 0 Å². The maximum absolute atomic E-state index is 13.3. The average Bonchev–Trinajstić information content (AvgIpc) is 2.74. The van der Waals surface area contributed by atoms with E-state index in [-0.39, 0.29) is 16.8 Å². The van der Waals surface area contributed by atoms with Gasteiger partial charge < -0.3 is 4.74 Å². The van der Waals surface area contributed by atoms with Crippen LogP contribution in [-0.4, -0.2) is 30.6 Å². The fraction of sp³-hybridized carbons (Fsp3) is 0.318. The van der Waals surface area contributed by atoms with Gasteiger partial charge in [-0.2, -0.15) is 0 Å². The van der Waals surface area contributed by atoms with Crippen LogP contribution >= 0.6 is 11.6 Å². The molecule has 1 aliphatic heterocycles. The molecule has 0 saturated carbocycles. The van der Waals surface area contributed by atoms with Crippen molar-refractivity contribution in [3.05, 3.63) is 78.0 Å². The van der Waals surface area contributed by atoms with Gasteiger partial charge in [-0.3, -0.25) is 9.10 Å². The highest BCUT2D eigenvalue weighted by Crippen LogP contribution is 2.32. The fourth-order valence-electron chi connectivity index (χ4n) is 3.40. The Morgan fingerprint density at radius 3 is 2.52 bits per heavy atom. The maximum Gasteiger partial charge on any atom is 0.321 e. The van der Waals surface area contributed by atoms with E-state index in [0.29, 0.717) is 12.8 Å². The Balaban J connectivity index is 1.89.